The number of allylic oxidation sites excluding steroid dienone is 1. The maximum absolute atomic E-state index is 6.24. The van der Waals surface area contributed by atoms with Gasteiger partial charge in [0, 0.05) is 22.1 Å². The van der Waals surface area contributed by atoms with Crippen LogP contribution in [0.25, 0.3) is 24.4 Å². The normalized spacial score (nSPS) is 17.8. The van der Waals surface area contributed by atoms with Crippen LogP contribution in [-0.2, 0) is 9.31 Å². The summed E-state index contributed by atoms with van der Waals surface area (Å²) < 4.78 is 12.5. The van der Waals surface area contributed by atoms with Gasteiger partial charge in [0.15, 0.2) is 0 Å². The standard InChI is InChI=1S/C32H34BNO2.C2H6/c1-9-27(28-16-12-10-14-22(28)2)24(4)34-30(29-17-13-11-15-23(29)3)25-18-20-26(21-19-25)33-35-31(5,6)32(7,8)36-33;1-2/h9-21H,1-3H2,4-8H3;1-2H3/b28-27+,30-29-,34-24+;. The van der Waals surface area contributed by atoms with Gasteiger partial charge in [-0.1, -0.05) is 112 Å². The molecule has 1 heterocycles. The predicted octanol–water partition coefficient (Wildman–Crippen LogP) is 4.49. The Balaban J connectivity index is 0.00000195. The summed E-state index contributed by atoms with van der Waals surface area (Å²) >= 11 is 0. The monoisotopic (exact) mass is 505 g/mol. The molecule has 3 nitrogen and oxygen atoms in total. The van der Waals surface area contributed by atoms with Crippen LogP contribution < -0.4 is 26.3 Å². The van der Waals surface area contributed by atoms with Crippen LogP contribution in [-0.4, -0.2) is 24.0 Å². The fourth-order valence-electron chi connectivity index (χ4n) is 4.27. The second kappa shape index (κ2) is 11.9. The smallest absolute Gasteiger partial charge is 0.399 e. The molecule has 0 radical (unpaired) electrons. The van der Waals surface area contributed by atoms with Crippen LogP contribution in [0.3, 0.4) is 0 Å². The van der Waals surface area contributed by atoms with Gasteiger partial charge < -0.3 is 9.31 Å². The van der Waals surface area contributed by atoms with Crippen LogP contribution >= 0.6 is 0 Å². The Labute approximate surface area is 228 Å². The summed E-state index contributed by atoms with van der Waals surface area (Å²) in [6.07, 6.45) is 1.85. The minimum atomic E-state index is -0.410. The Bertz CT molecular complexity index is 1530. The molecule has 4 rings (SSSR count). The van der Waals surface area contributed by atoms with E-state index in [0.717, 1.165) is 48.9 Å². The first kappa shape index (κ1) is 29.1. The maximum Gasteiger partial charge on any atom is 0.494 e. The van der Waals surface area contributed by atoms with Crippen molar-refractivity contribution in [3.05, 3.63) is 112 Å². The van der Waals surface area contributed by atoms with Gasteiger partial charge in [-0.3, -0.25) is 4.99 Å². The summed E-state index contributed by atoms with van der Waals surface area (Å²) in [5.41, 5.74) is 3.84. The van der Waals surface area contributed by atoms with Crippen molar-refractivity contribution in [3.8, 4) is 0 Å². The lowest BCUT2D eigenvalue weighted by Gasteiger charge is -2.32. The predicted molar refractivity (Wildman–Crippen MR) is 165 cm³/mol. The number of nitrogens with zero attached hydrogens (tertiary/aromatic N) is 1. The van der Waals surface area contributed by atoms with Gasteiger partial charge >= 0.3 is 7.12 Å². The van der Waals surface area contributed by atoms with Crippen LogP contribution in [0, 0.1) is 0 Å². The van der Waals surface area contributed by atoms with Crippen molar-refractivity contribution in [1.82, 2.24) is 0 Å². The van der Waals surface area contributed by atoms with E-state index in [1.807, 2.05) is 69.3 Å². The molecule has 3 aromatic rings. The number of benzene rings is 3. The van der Waals surface area contributed by atoms with Crippen molar-refractivity contribution in [3.63, 3.8) is 0 Å². The molecular formula is C34H40BNO2. The summed E-state index contributed by atoms with van der Waals surface area (Å²) in [7, 11) is -0.410. The van der Waals surface area contributed by atoms with Crippen molar-refractivity contribution < 1.29 is 9.31 Å². The van der Waals surface area contributed by atoms with Gasteiger partial charge in [-0.2, -0.15) is 0 Å². The van der Waals surface area contributed by atoms with Crippen molar-refractivity contribution in [1.29, 1.82) is 0 Å². The molecule has 0 saturated carbocycles. The molecule has 0 aromatic heterocycles. The maximum atomic E-state index is 6.24. The summed E-state index contributed by atoms with van der Waals surface area (Å²) in [6.45, 7) is 26.8. The zero-order valence-corrected chi connectivity index (χ0v) is 24.0. The van der Waals surface area contributed by atoms with Crippen LogP contribution in [0.4, 0.5) is 0 Å². The summed E-state index contributed by atoms with van der Waals surface area (Å²) in [6, 6.07) is 24.3. The minimum absolute atomic E-state index is 0.386. The molecule has 4 heteroatoms. The van der Waals surface area contributed by atoms with Gasteiger partial charge in [-0.15, -0.1) is 0 Å². The van der Waals surface area contributed by atoms with Crippen molar-refractivity contribution in [2.45, 2.75) is 59.7 Å². The topological polar surface area (TPSA) is 30.8 Å². The van der Waals surface area contributed by atoms with Crippen LogP contribution in [0.2, 0.25) is 0 Å². The Kier molecular flexibility index (Phi) is 9.14. The molecular weight excluding hydrogens is 465 g/mol. The quantitative estimate of drug-likeness (QED) is 0.378. The molecule has 0 aliphatic carbocycles. The molecule has 1 aliphatic heterocycles. The van der Waals surface area contributed by atoms with E-state index in [9.17, 15) is 0 Å². The van der Waals surface area contributed by atoms with E-state index in [1.165, 1.54) is 0 Å². The van der Waals surface area contributed by atoms with E-state index >= 15 is 0 Å². The van der Waals surface area contributed by atoms with Gasteiger partial charge in [0.2, 0.25) is 0 Å². The highest BCUT2D eigenvalue weighted by atomic mass is 16.7. The largest absolute Gasteiger partial charge is 0.494 e. The van der Waals surface area contributed by atoms with Crippen molar-refractivity contribution in [2.24, 2.45) is 4.99 Å². The fraction of sp³-hybridized carbons (Fsp3) is 0.265. The molecule has 1 aliphatic rings. The molecule has 3 aromatic carbocycles. The number of hydrogen-bond donors (Lipinski definition) is 0. The Morgan fingerprint density at radius 2 is 1.24 bits per heavy atom. The van der Waals surface area contributed by atoms with Gasteiger partial charge in [0.25, 0.3) is 0 Å². The molecule has 1 saturated heterocycles. The van der Waals surface area contributed by atoms with E-state index in [0.29, 0.717) is 0 Å². The molecule has 0 atom stereocenters. The molecule has 196 valence electrons. The number of rotatable bonds is 5. The van der Waals surface area contributed by atoms with Gasteiger partial charge in [0.1, 0.15) is 0 Å². The third-order valence-corrected chi connectivity index (χ3v) is 7.16. The second-order valence-electron chi connectivity index (χ2n) is 10.2. The highest BCUT2D eigenvalue weighted by Crippen LogP contribution is 2.36. The van der Waals surface area contributed by atoms with E-state index in [4.69, 9.17) is 14.3 Å². The molecule has 0 unspecified atom stereocenters. The van der Waals surface area contributed by atoms with E-state index in [-0.39, 0.29) is 11.2 Å². The average molecular weight is 506 g/mol. The second-order valence-corrected chi connectivity index (χ2v) is 10.2. The Morgan fingerprint density at radius 1 is 0.763 bits per heavy atom. The van der Waals surface area contributed by atoms with Crippen LogP contribution in [0.5, 0.6) is 0 Å². The average Bonchev–Trinajstić information content (AvgIpc) is 3.12. The fourth-order valence-corrected chi connectivity index (χ4v) is 4.27. The van der Waals surface area contributed by atoms with Crippen molar-refractivity contribution in [2.75, 3.05) is 0 Å². The van der Waals surface area contributed by atoms with Gasteiger partial charge in [-0.05, 0) is 55.7 Å². The Hall–Kier alpha value is -3.47. The van der Waals surface area contributed by atoms with E-state index in [2.05, 4.69) is 77.8 Å². The first-order chi connectivity index (χ1) is 18.0. The number of aliphatic imine (C=N–C) groups is 1. The highest BCUT2D eigenvalue weighted by Gasteiger charge is 2.51. The highest BCUT2D eigenvalue weighted by molar-refractivity contribution is 6.62. The first-order valence-corrected chi connectivity index (χ1v) is 13.2. The van der Waals surface area contributed by atoms with Gasteiger partial charge in [-0.25, -0.2) is 0 Å². The minimum Gasteiger partial charge on any atom is -0.399 e. The molecule has 38 heavy (non-hydrogen) atoms. The lowest BCUT2D eigenvalue weighted by atomic mass is 9.78. The molecule has 0 bridgehead atoms. The zero-order chi connectivity index (χ0) is 28.1. The third-order valence-electron chi connectivity index (χ3n) is 7.16. The third kappa shape index (κ3) is 5.98. The molecule has 0 spiro atoms. The summed E-state index contributed by atoms with van der Waals surface area (Å²) in [5.74, 6) is 0. The van der Waals surface area contributed by atoms with E-state index < -0.39 is 7.12 Å². The summed E-state index contributed by atoms with van der Waals surface area (Å²) in [5, 5.41) is 3.85. The Morgan fingerprint density at radius 3 is 1.71 bits per heavy atom. The van der Waals surface area contributed by atoms with Gasteiger partial charge in [0.05, 0.1) is 16.9 Å². The van der Waals surface area contributed by atoms with E-state index in [1.54, 1.807) is 0 Å². The lowest BCUT2D eigenvalue weighted by Crippen LogP contribution is -2.41. The molecule has 1 fully saturated rings. The number of hydrogen-bond acceptors (Lipinski definition) is 3. The van der Waals surface area contributed by atoms with Crippen LogP contribution in [0.15, 0.2) is 90.4 Å². The SMILES string of the molecule is C=CC(/C(C)=N/C(c1ccc(B2OC(C)(C)C(C)(C)O2)cc1)=c1/ccccc1=C)=c1/ccccc1=C.CC. The lowest BCUT2D eigenvalue weighted by molar-refractivity contribution is 0.00578. The first-order valence-electron chi connectivity index (χ1n) is 13.2. The molecule has 0 amide bonds. The molecule has 0 N–H and O–H groups in total. The van der Waals surface area contributed by atoms with Crippen LogP contribution in [0.1, 0.15) is 54.0 Å². The zero-order valence-electron chi connectivity index (χ0n) is 24.0. The van der Waals surface area contributed by atoms with Crippen molar-refractivity contribution >= 4 is 42.7 Å². The summed E-state index contributed by atoms with van der Waals surface area (Å²) in [4.78, 5) is 5.13.